The van der Waals surface area contributed by atoms with Crippen LogP contribution in [0.1, 0.15) is 5.56 Å². The van der Waals surface area contributed by atoms with Crippen molar-refractivity contribution in [2.45, 2.75) is 6.92 Å². The Hall–Kier alpha value is -1.56. The molecule has 0 aliphatic rings. The standard InChI is InChI=1S/C5H6N2O4/c1-3-2-7(11-10)5(9)6-4(3)8/h2,10H,1H3,(H,6,8,9). The summed E-state index contributed by atoms with van der Waals surface area (Å²) < 4.78 is 0.511. The quantitative estimate of drug-likeness (QED) is 0.395. The highest BCUT2D eigenvalue weighted by atomic mass is 17.2. The zero-order valence-electron chi connectivity index (χ0n) is 5.70. The van der Waals surface area contributed by atoms with Crippen LogP contribution < -0.4 is 16.2 Å². The Labute approximate surface area is 60.6 Å². The lowest BCUT2D eigenvalue weighted by Gasteiger charge is -1.97. The summed E-state index contributed by atoms with van der Waals surface area (Å²) in [5.41, 5.74) is -1.04. The van der Waals surface area contributed by atoms with Crippen LogP contribution in [-0.2, 0) is 0 Å². The normalized spacial score (nSPS) is 9.64. The van der Waals surface area contributed by atoms with E-state index in [9.17, 15) is 9.59 Å². The van der Waals surface area contributed by atoms with Crippen LogP contribution in [0, 0.1) is 6.92 Å². The summed E-state index contributed by atoms with van der Waals surface area (Å²) in [5, 5.41) is 8.07. The van der Waals surface area contributed by atoms with Gasteiger partial charge < -0.3 is 0 Å². The second-order valence-corrected chi connectivity index (χ2v) is 1.98. The number of nitrogens with zero attached hydrogens (tertiary/aromatic N) is 1. The molecule has 1 heterocycles. The summed E-state index contributed by atoms with van der Waals surface area (Å²) in [6.07, 6.45) is 1.08. The van der Waals surface area contributed by atoms with Crippen molar-refractivity contribution < 1.29 is 10.2 Å². The van der Waals surface area contributed by atoms with Crippen LogP contribution >= 0.6 is 0 Å². The number of hydrogen-bond acceptors (Lipinski definition) is 4. The second kappa shape index (κ2) is 2.59. The Morgan fingerprint density at radius 3 is 2.82 bits per heavy atom. The molecule has 0 atom stereocenters. The first-order valence-corrected chi connectivity index (χ1v) is 2.79. The van der Waals surface area contributed by atoms with Crippen molar-refractivity contribution in [3.8, 4) is 0 Å². The molecule has 0 saturated heterocycles. The van der Waals surface area contributed by atoms with Crippen molar-refractivity contribution in [3.63, 3.8) is 0 Å². The number of aromatic amines is 1. The molecule has 6 heteroatoms. The molecule has 6 nitrogen and oxygen atoms in total. The van der Waals surface area contributed by atoms with Crippen molar-refractivity contribution in [3.05, 3.63) is 32.6 Å². The molecule has 2 N–H and O–H groups in total. The summed E-state index contributed by atoms with van der Waals surface area (Å²) >= 11 is 0. The lowest BCUT2D eigenvalue weighted by molar-refractivity contribution is -0.246. The fourth-order valence-corrected chi connectivity index (χ4v) is 0.605. The third kappa shape index (κ3) is 1.30. The van der Waals surface area contributed by atoms with E-state index in [1.165, 1.54) is 6.92 Å². The van der Waals surface area contributed by atoms with Crippen LogP contribution in [0.25, 0.3) is 0 Å². The molecule has 0 fully saturated rings. The van der Waals surface area contributed by atoms with Gasteiger partial charge in [0.25, 0.3) is 5.56 Å². The number of rotatable bonds is 1. The molecular formula is C5H6N2O4. The minimum atomic E-state index is -0.817. The highest BCUT2D eigenvalue weighted by molar-refractivity contribution is 4.99. The Kier molecular flexibility index (Phi) is 1.77. The molecule has 11 heavy (non-hydrogen) atoms. The maximum atomic E-state index is 10.7. The van der Waals surface area contributed by atoms with Crippen molar-refractivity contribution in [1.82, 2.24) is 9.71 Å². The molecule has 0 aromatic carbocycles. The predicted molar refractivity (Wildman–Crippen MR) is 35.3 cm³/mol. The monoisotopic (exact) mass is 158 g/mol. The molecule has 0 unspecified atom stereocenters. The number of aromatic nitrogens is 2. The van der Waals surface area contributed by atoms with E-state index in [0.717, 1.165) is 6.20 Å². The smallest absolute Gasteiger partial charge is 0.271 e. The van der Waals surface area contributed by atoms with Gasteiger partial charge in [0.1, 0.15) is 0 Å². The fraction of sp³-hybridized carbons (Fsp3) is 0.200. The minimum Gasteiger partial charge on any atom is -0.271 e. The van der Waals surface area contributed by atoms with Gasteiger partial charge in [0.05, 0.1) is 6.20 Å². The molecule has 0 spiro atoms. The van der Waals surface area contributed by atoms with Gasteiger partial charge in [-0.2, -0.15) is 5.26 Å². The third-order valence-electron chi connectivity index (χ3n) is 1.18. The molecule has 0 amide bonds. The van der Waals surface area contributed by atoms with E-state index in [1.807, 2.05) is 4.98 Å². The lowest BCUT2D eigenvalue weighted by atomic mass is 10.4. The molecule has 0 aliphatic heterocycles. The zero-order valence-corrected chi connectivity index (χ0v) is 5.70. The van der Waals surface area contributed by atoms with E-state index < -0.39 is 11.2 Å². The highest BCUT2D eigenvalue weighted by Gasteiger charge is 1.99. The minimum absolute atomic E-state index is 0.277. The van der Waals surface area contributed by atoms with Gasteiger partial charge in [-0.3, -0.25) is 9.78 Å². The van der Waals surface area contributed by atoms with E-state index in [2.05, 4.69) is 4.99 Å². The van der Waals surface area contributed by atoms with E-state index in [4.69, 9.17) is 5.26 Å². The highest BCUT2D eigenvalue weighted by Crippen LogP contribution is 1.78. The number of H-pyrrole nitrogens is 1. The van der Waals surface area contributed by atoms with Crippen LogP contribution in [0.5, 0.6) is 0 Å². The molecule has 1 aromatic heterocycles. The second-order valence-electron chi connectivity index (χ2n) is 1.98. The Morgan fingerprint density at radius 1 is 1.64 bits per heavy atom. The van der Waals surface area contributed by atoms with Gasteiger partial charge in [0.2, 0.25) is 0 Å². The van der Waals surface area contributed by atoms with Gasteiger partial charge in [0.15, 0.2) is 0 Å². The fourth-order valence-electron chi connectivity index (χ4n) is 0.605. The summed E-state index contributed by atoms with van der Waals surface area (Å²) in [6.45, 7) is 1.48. The van der Waals surface area contributed by atoms with Crippen molar-refractivity contribution in [2.24, 2.45) is 0 Å². The molecular weight excluding hydrogens is 152 g/mol. The summed E-state index contributed by atoms with van der Waals surface area (Å²) in [5.74, 6) is 0. The molecule has 60 valence electrons. The van der Waals surface area contributed by atoms with Crippen molar-refractivity contribution >= 4 is 0 Å². The first-order chi connectivity index (χ1) is 5.15. The maximum Gasteiger partial charge on any atom is 0.364 e. The maximum absolute atomic E-state index is 10.7. The molecule has 0 saturated carbocycles. The first kappa shape index (κ1) is 7.55. The SMILES string of the molecule is Cc1cn(OO)c(=O)[nH]c1=O. The van der Waals surface area contributed by atoms with Crippen LogP contribution in [0.3, 0.4) is 0 Å². The number of nitrogens with one attached hydrogen (secondary N) is 1. The number of hydrogen-bond donors (Lipinski definition) is 2. The lowest BCUT2D eigenvalue weighted by Crippen LogP contribution is -2.33. The Morgan fingerprint density at radius 2 is 2.27 bits per heavy atom. The zero-order chi connectivity index (χ0) is 8.43. The van der Waals surface area contributed by atoms with Gasteiger partial charge in [-0.15, -0.1) is 0 Å². The molecule has 1 aromatic rings. The first-order valence-electron chi connectivity index (χ1n) is 2.79. The van der Waals surface area contributed by atoms with E-state index in [1.54, 1.807) is 0 Å². The average molecular weight is 158 g/mol. The van der Waals surface area contributed by atoms with Crippen molar-refractivity contribution in [1.29, 1.82) is 0 Å². The van der Waals surface area contributed by atoms with E-state index in [-0.39, 0.29) is 5.56 Å². The van der Waals surface area contributed by atoms with Crippen LogP contribution in [0.15, 0.2) is 15.8 Å². The summed E-state index contributed by atoms with van der Waals surface area (Å²) in [7, 11) is 0. The predicted octanol–water partition coefficient (Wildman–Crippen LogP) is -1.25. The topological polar surface area (TPSA) is 84.3 Å². The van der Waals surface area contributed by atoms with Gasteiger partial charge in [-0.05, 0) is 6.92 Å². The van der Waals surface area contributed by atoms with Crippen LogP contribution in [-0.4, -0.2) is 15.0 Å². The van der Waals surface area contributed by atoms with Gasteiger partial charge in [-0.25, -0.2) is 9.78 Å². The molecule has 0 bridgehead atoms. The average Bonchev–Trinajstić information content (AvgIpc) is 1.97. The van der Waals surface area contributed by atoms with E-state index in [0.29, 0.717) is 4.73 Å². The van der Waals surface area contributed by atoms with E-state index >= 15 is 0 Å². The molecule has 0 aliphatic carbocycles. The third-order valence-corrected chi connectivity index (χ3v) is 1.18. The number of aryl methyl sites for hydroxylation is 1. The summed E-state index contributed by atoms with van der Waals surface area (Å²) in [4.78, 5) is 26.9. The largest absolute Gasteiger partial charge is 0.364 e. The Balaban J connectivity index is 3.45. The van der Waals surface area contributed by atoms with Gasteiger partial charge in [-0.1, -0.05) is 4.73 Å². The van der Waals surface area contributed by atoms with Gasteiger partial charge in [0, 0.05) is 5.56 Å². The molecule has 0 radical (unpaired) electrons. The molecule has 1 rings (SSSR count). The van der Waals surface area contributed by atoms with Crippen LogP contribution in [0.2, 0.25) is 0 Å². The van der Waals surface area contributed by atoms with Crippen molar-refractivity contribution in [2.75, 3.05) is 0 Å². The van der Waals surface area contributed by atoms with Crippen LogP contribution in [0.4, 0.5) is 0 Å². The summed E-state index contributed by atoms with van der Waals surface area (Å²) in [6, 6.07) is 0. The van der Waals surface area contributed by atoms with Gasteiger partial charge >= 0.3 is 5.69 Å². The Bertz CT molecular complexity index is 363.